The largest absolute Gasteiger partial charge is 0.298 e. The zero-order valence-corrected chi connectivity index (χ0v) is 16.4. The van der Waals surface area contributed by atoms with Crippen LogP contribution in [0.15, 0.2) is 77.7 Å². The SMILES string of the molecule is O=C(Nc1nc2ccc(F)cc2s1)c1ccccc1NS(=O)(=O)c1ccccc1. The molecule has 146 valence electrons. The van der Waals surface area contributed by atoms with Gasteiger partial charge < -0.3 is 0 Å². The van der Waals surface area contributed by atoms with Crippen LogP contribution in [0.4, 0.5) is 15.2 Å². The molecular weight excluding hydrogens is 413 g/mol. The molecule has 0 unspecified atom stereocenters. The highest BCUT2D eigenvalue weighted by Crippen LogP contribution is 2.28. The molecule has 0 aliphatic carbocycles. The van der Waals surface area contributed by atoms with Gasteiger partial charge >= 0.3 is 0 Å². The van der Waals surface area contributed by atoms with Crippen LogP contribution in [0.3, 0.4) is 0 Å². The minimum absolute atomic E-state index is 0.0865. The summed E-state index contributed by atoms with van der Waals surface area (Å²) in [4.78, 5) is 17.1. The summed E-state index contributed by atoms with van der Waals surface area (Å²) in [6.45, 7) is 0. The summed E-state index contributed by atoms with van der Waals surface area (Å²) in [6, 6.07) is 18.3. The first-order valence-corrected chi connectivity index (χ1v) is 10.8. The van der Waals surface area contributed by atoms with Gasteiger partial charge in [0.05, 0.1) is 26.4 Å². The Morgan fingerprint density at radius 1 is 0.966 bits per heavy atom. The molecule has 0 atom stereocenters. The zero-order valence-electron chi connectivity index (χ0n) is 14.8. The number of hydrogen-bond donors (Lipinski definition) is 2. The van der Waals surface area contributed by atoms with Crippen molar-refractivity contribution in [2.24, 2.45) is 0 Å². The normalized spacial score (nSPS) is 11.3. The molecule has 0 aliphatic heterocycles. The van der Waals surface area contributed by atoms with Gasteiger partial charge in [0, 0.05) is 0 Å². The smallest absolute Gasteiger partial charge is 0.261 e. The van der Waals surface area contributed by atoms with Crippen molar-refractivity contribution in [1.82, 2.24) is 4.98 Å². The van der Waals surface area contributed by atoms with Gasteiger partial charge in [-0.2, -0.15) is 0 Å². The van der Waals surface area contributed by atoms with Crippen molar-refractivity contribution >= 4 is 48.3 Å². The maximum Gasteiger partial charge on any atom is 0.261 e. The van der Waals surface area contributed by atoms with E-state index in [9.17, 15) is 17.6 Å². The Labute approximate surface area is 170 Å². The molecule has 0 fully saturated rings. The molecule has 4 rings (SSSR count). The lowest BCUT2D eigenvalue weighted by molar-refractivity contribution is 0.102. The molecule has 6 nitrogen and oxygen atoms in total. The van der Waals surface area contributed by atoms with Crippen molar-refractivity contribution in [2.45, 2.75) is 4.90 Å². The third kappa shape index (κ3) is 4.10. The quantitative estimate of drug-likeness (QED) is 0.491. The molecule has 0 bridgehead atoms. The number of carbonyl (C=O) groups excluding carboxylic acids is 1. The number of carbonyl (C=O) groups is 1. The van der Waals surface area contributed by atoms with E-state index in [-0.39, 0.29) is 27.1 Å². The summed E-state index contributed by atoms with van der Waals surface area (Å²) in [5.74, 6) is -0.921. The second-order valence-electron chi connectivity index (χ2n) is 6.05. The molecule has 9 heteroatoms. The number of rotatable bonds is 5. The first kappa shape index (κ1) is 19.0. The molecule has 0 aliphatic rings. The van der Waals surface area contributed by atoms with E-state index in [0.29, 0.717) is 10.2 Å². The number of aromatic nitrogens is 1. The molecule has 3 aromatic carbocycles. The molecule has 29 heavy (non-hydrogen) atoms. The zero-order chi connectivity index (χ0) is 20.4. The number of fused-ring (bicyclic) bond motifs is 1. The lowest BCUT2D eigenvalue weighted by atomic mass is 10.2. The molecule has 0 saturated carbocycles. The first-order valence-electron chi connectivity index (χ1n) is 8.47. The number of para-hydroxylation sites is 1. The number of benzene rings is 3. The third-order valence-corrected chi connectivity index (χ3v) is 6.36. The fraction of sp³-hybridized carbons (Fsp3) is 0. The highest BCUT2D eigenvalue weighted by molar-refractivity contribution is 7.92. The number of amides is 1. The van der Waals surface area contributed by atoms with Gasteiger partial charge in [0.15, 0.2) is 5.13 Å². The standard InChI is InChI=1S/C20H14FN3O3S2/c21-13-10-11-17-18(12-13)28-20(22-17)23-19(25)15-8-4-5-9-16(15)24-29(26,27)14-6-2-1-3-7-14/h1-12,24H,(H,22,23,25). The number of anilines is 2. The Bertz CT molecular complexity index is 1310. The Kier molecular flexibility index (Phi) is 4.99. The molecular formula is C20H14FN3O3S2. The van der Waals surface area contributed by atoms with Crippen LogP contribution in [0.5, 0.6) is 0 Å². The van der Waals surface area contributed by atoms with Crippen molar-refractivity contribution < 1.29 is 17.6 Å². The van der Waals surface area contributed by atoms with Crippen LogP contribution in [0.1, 0.15) is 10.4 Å². The Morgan fingerprint density at radius 2 is 1.69 bits per heavy atom. The lowest BCUT2D eigenvalue weighted by Crippen LogP contribution is -2.18. The molecule has 1 amide bonds. The van der Waals surface area contributed by atoms with Crippen LogP contribution in [-0.2, 0) is 10.0 Å². The Morgan fingerprint density at radius 3 is 2.48 bits per heavy atom. The van der Waals surface area contributed by atoms with E-state index < -0.39 is 15.9 Å². The highest BCUT2D eigenvalue weighted by atomic mass is 32.2. The average Bonchev–Trinajstić information content (AvgIpc) is 3.10. The number of halogens is 1. The van der Waals surface area contributed by atoms with Crippen LogP contribution in [0.25, 0.3) is 10.2 Å². The van der Waals surface area contributed by atoms with Gasteiger partial charge in [0.1, 0.15) is 5.82 Å². The van der Waals surface area contributed by atoms with Crippen molar-refractivity contribution in [3.63, 3.8) is 0 Å². The third-order valence-electron chi connectivity index (χ3n) is 4.04. The summed E-state index contributed by atoms with van der Waals surface area (Å²) in [5, 5.41) is 2.93. The van der Waals surface area contributed by atoms with Gasteiger partial charge in [-0.25, -0.2) is 17.8 Å². The number of hydrogen-bond acceptors (Lipinski definition) is 5. The average molecular weight is 427 g/mol. The molecule has 1 heterocycles. The van der Waals surface area contributed by atoms with Gasteiger partial charge in [-0.1, -0.05) is 41.7 Å². The fourth-order valence-corrected chi connectivity index (χ4v) is 4.68. The van der Waals surface area contributed by atoms with Crippen LogP contribution in [-0.4, -0.2) is 19.3 Å². The minimum atomic E-state index is -3.85. The summed E-state index contributed by atoms with van der Waals surface area (Å²) in [5.41, 5.74) is 0.836. The van der Waals surface area contributed by atoms with Gasteiger partial charge in [-0.3, -0.25) is 14.8 Å². The predicted molar refractivity (Wildman–Crippen MR) is 111 cm³/mol. The summed E-state index contributed by atoms with van der Waals surface area (Å²) in [7, 11) is -3.85. The van der Waals surface area contributed by atoms with Crippen LogP contribution < -0.4 is 10.0 Å². The second kappa shape index (κ2) is 7.61. The maximum absolute atomic E-state index is 13.4. The van der Waals surface area contributed by atoms with Crippen molar-refractivity contribution in [3.8, 4) is 0 Å². The van der Waals surface area contributed by atoms with Crippen LogP contribution >= 0.6 is 11.3 Å². The van der Waals surface area contributed by atoms with Gasteiger partial charge in [0.2, 0.25) is 0 Å². The lowest BCUT2D eigenvalue weighted by Gasteiger charge is -2.12. The van der Waals surface area contributed by atoms with Gasteiger partial charge in [0.25, 0.3) is 15.9 Å². The summed E-state index contributed by atoms with van der Waals surface area (Å²) < 4.78 is 41.6. The van der Waals surface area contributed by atoms with E-state index in [1.54, 1.807) is 30.3 Å². The van der Waals surface area contributed by atoms with Gasteiger partial charge in [-0.15, -0.1) is 0 Å². The topological polar surface area (TPSA) is 88.2 Å². The Hall–Kier alpha value is -3.30. The highest BCUT2D eigenvalue weighted by Gasteiger charge is 2.19. The van der Waals surface area contributed by atoms with Gasteiger partial charge in [-0.05, 0) is 42.5 Å². The molecule has 2 N–H and O–H groups in total. The molecule has 4 aromatic rings. The molecule has 0 radical (unpaired) electrons. The minimum Gasteiger partial charge on any atom is -0.298 e. The first-order chi connectivity index (χ1) is 13.9. The van der Waals surface area contributed by atoms with E-state index in [4.69, 9.17) is 0 Å². The number of nitrogens with one attached hydrogen (secondary N) is 2. The maximum atomic E-state index is 13.4. The number of thiazole rings is 1. The second-order valence-corrected chi connectivity index (χ2v) is 8.76. The molecule has 0 spiro atoms. The van der Waals surface area contributed by atoms with E-state index in [1.807, 2.05) is 0 Å². The molecule has 0 saturated heterocycles. The van der Waals surface area contributed by atoms with Crippen molar-refractivity contribution in [2.75, 3.05) is 10.0 Å². The molecule has 1 aromatic heterocycles. The monoisotopic (exact) mass is 427 g/mol. The summed E-state index contributed by atoms with van der Waals surface area (Å²) >= 11 is 1.13. The summed E-state index contributed by atoms with van der Waals surface area (Å²) in [6.07, 6.45) is 0. The predicted octanol–water partition coefficient (Wildman–Crippen LogP) is 4.49. The van der Waals surface area contributed by atoms with Crippen molar-refractivity contribution in [1.29, 1.82) is 0 Å². The van der Waals surface area contributed by atoms with Crippen LogP contribution in [0.2, 0.25) is 0 Å². The van der Waals surface area contributed by atoms with E-state index in [0.717, 1.165) is 11.3 Å². The fourth-order valence-electron chi connectivity index (χ4n) is 2.69. The van der Waals surface area contributed by atoms with Crippen LogP contribution in [0, 0.1) is 5.82 Å². The van der Waals surface area contributed by atoms with E-state index in [2.05, 4.69) is 15.0 Å². The number of sulfonamides is 1. The van der Waals surface area contributed by atoms with E-state index >= 15 is 0 Å². The number of nitrogens with zero attached hydrogens (tertiary/aromatic N) is 1. The Balaban J connectivity index is 1.61. The van der Waals surface area contributed by atoms with E-state index in [1.165, 1.54) is 42.5 Å². The van der Waals surface area contributed by atoms with Crippen molar-refractivity contribution in [3.05, 3.63) is 84.2 Å².